The van der Waals surface area contributed by atoms with Crippen LogP contribution in [0.3, 0.4) is 0 Å². The average Bonchev–Trinajstić information content (AvgIpc) is 2.77. The third-order valence-electron chi connectivity index (χ3n) is 5.04. The van der Waals surface area contributed by atoms with Gasteiger partial charge in [-0.1, -0.05) is 37.1 Å². The van der Waals surface area contributed by atoms with E-state index >= 15 is 0 Å². The quantitative estimate of drug-likeness (QED) is 0.322. The zero-order chi connectivity index (χ0) is 17.5. The summed E-state index contributed by atoms with van der Waals surface area (Å²) < 4.78 is 0. The molecule has 0 aromatic heterocycles. The van der Waals surface area contributed by atoms with E-state index < -0.39 is 12.1 Å². The van der Waals surface area contributed by atoms with E-state index in [9.17, 15) is 15.0 Å². The minimum absolute atomic E-state index is 0.0657. The van der Waals surface area contributed by atoms with Gasteiger partial charge in [-0.05, 0) is 31.6 Å². The maximum atomic E-state index is 10.4. The number of aliphatic carboxylic acids is 1. The van der Waals surface area contributed by atoms with Gasteiger partial charge in [-0.2, -0.15) is 0 Å². The van der Waals surface area contributed by atoms with Gasteiger partial charge >= 0.3 is 5.97 Å². The standard InChI is InChI=1S/C18H29NO5/c1-2-3-5-13(20)8-7-12-10-14-15(18(12)23)11-16(14)19-24-9-4-6-17(21)22/h7-8,12-15,18,20,23H,2-6,9-11H2,1H3,(H,21,22)/t12?,13?,14-,15+,18?/m0/s1. The molecular weight excluding hydrogens is 310 g/mol. The molecule has 0 amide bonds. The Morgan fingerprint density at radius 1 is 1.46 bits per heavy atom. The number of aliphatic hydroxyl groups is 2. The maximum Gasteiger partial charge on any atom is 0.303 e. The molecule has 2 aliphatic carbocycles. The number of carboxylic acids is 1. The van der Waals surface area contributed by atoms with Gasteiger partial charge in [-0.15, -0.1) is 0 Å². The molecule has 2 aliphatic rings. The SMILES string of the molecule is CCCCC(O)C=CC1C[C@@H]2C(=NOCCCC(=O)O)C[C@H]2C1O. The van der Waals surface area contributed by atoms with Gasteiger partial charge in [0.1, 0.15) is 6.61 Å². The highest BCUT2D eigenvalue weighted by molar-refractivity contribution is 5.93. The summed E-state index contributed by atoms with van der Waals surface area (Å²) in [6, 6.07) is 0. The van der Waals surface area contributed by atoms with Gasteiger partial charge in [0, 0.05) is 18.3 Å². The Hall–Kier alpha value is -1.40. The molecule has 0 radical (unpaired) electrons. The van der Waals surface area contributed by atoms with Crippen LogP contribution in [0.1, 0.15) is 51.9 Å². The van der Waals surface area contributed by atoms with E-state index in [4.69, 9.17) is 9.94 Å². The molecule has 2 fully saturated rings. The van der Waals surface area contributed by atoms with Crippen LogP contribution in [0.5, 0.6) is 0 Å². The number of fused-ring (bicyclic) bond motifs is 1. The third kappa shape index (κ3) is 5.05. The summed E-state index contributed by atoms with van der Waals surface area (Å²) in [5, 5.41) is 32.9. The molecule has 24 heavy (non-hydrogen) atoms. The van der Waals surface area contributed by atoms with Crippen molar-refractivity contribution in [2.45, 2.75) is 64.1 Å². The Morgan fingerprint density at radius 3 is 2.96 bits per heavy atom. The molecule has 6 heteroatoms. The van der Waals surface area contributed by atoms with Crippen molar-refractivity contribution in [3.8, 4) is 0 Å². The van der Waals surface area contributed by atoms with E-state index in [1.54, 1.807) is 0 Å². The molecular formula is C18H29NO5. The zero-order valence-corrected chi connectivity index (χ0v) is 14.3. The first kappa shape index (κ1) is 18.9. The molecule has 3 unspecified atom stereocenters. The Labute approximate surface area is 143 Å². The fourth-order valence-corrected chi connectivity index (χ4v) is 3.54. The number of oxime groups is 1. The lowest BCUT2D eigenvalue weighted by Crippen LogP contribution is -2.38. The topological polar surface area (TPSA) is 99.4 Å². The zero-order valence-electron chi connectivity index (χ0n) is 14.3. The second kappa shape index (κ2) is 9.18. The molecule has 5 atom stereocenters. The van der Waals surface area contributed by atoms with Crippen LogP contribution < -0.4 is 0 Å². The molecule has 0 saturated heterocycles. The number of rotatable bonds is 10. The lowest BCUT2D eigenvalue weighted by atomic mass is 9.73. The second-order valence-corrected chi connectivity index (χ2v) is 6.87. The molecule has 0 spiro atoms. The number of carboxylic acid groups (broad SMARTS) is 1. The molecule has 2 rings (SSSR count). The van der Waals surface area contributed by atoms with Crippen molar-refractivity contribution in [3.63, 3.8) is 0 Å². The summed E-state index contributed by atoms with van der Waals surface area (Å²) in [6.45, 7) is 2.40. The minimum Gasteiger partial charge on any atom is -0.481 e. The van der Waals surface area contributed by atoms with E-state index in [0.717, 1.165) is 37.8 Å². The van der Waals surface area contributed by atoms with Crippen LogP contribution in [-0.2, 0) is 9.63 Å². The monoisotopic (exact) mass is 339 g/mol. The molecule has 0 aromatic rings. The summed E-state index contributed by atoms with van der Waals surface area (Å²) in [7, 11) is 0. The lowest BCUT2D eigenvalue weighted by Gasteiger charge is -2.33. The molecule has 0 aliphatic heterocycles. The van der Waals surface area contributed by atoms with E-state index in [1.165, 1.54) is 0 Å². The molecule has 0 aromatic carbocycles. The Kier molecular flexibility index (Phi) is 7.24. The fourth-order valence-electron chi connectivity index (χ4n) is 3.54. The average molecular weight is 339 g/mol. The summed E-state index contributed by atoms with van der Waals surface area (Å²) in [5.74, 6) is -0.281. The predicted molar refractivity (Wildman–Crippen MR) is 90.6 cm³/mol. The van der Waals surface area contributed by atoms with Gasteiger partial charge in [0.15, 0.2) is 0 Å². The molecule has 0 heterocycles. The summed E-state index contributed by atoms with van der Waals surface area (Å²) >= 11 is 0. The number of hydrogen-bond donors (Lipinski definition) is 3. The van der Waals surface area contributed by atoms with Gasteiger partial charge in [0.25, 0.3) is 0 Å². The van der Waals surface area contributed by atoms with Crippen molar-refractivity contribution in [2.75, 3.05) is 6.61 Å². The first-order valence-electron chi connectivity index (χ1n) is 8.97. The maximum absolute atomic E-state index is 10.4. The molecule has 3 N–H and O–H groups in total. The van der Waals surface area contributed by atoms with E-state index in [-0.39, 0.29) is 30.3 Å². The highest BCUT2D eigenvalue weighted by atomic mass is 16.6. The first-order valence-corrected chi connectivity index (χ1v) is 8.97. The van der Waals surface area contributed by atoms with Gasteiger partial charge in [0.2, 0.25) is 0 Å². The number of aliphatic hydroxyl groups excluding tert-OH is 2. The van der Waals surface area contributed by atoms with Crippen molar-refractivity contribution in [2.24, 2.45) is 22.9 Å². The number of unbranched alkanes of at least 4 members (excludes halogenated alkanes) is 1. The van der Waals surface area contributed by atoms with Gasteiger partial charge in [-0.3, -0.25) is 4.79 Å². The molecule has 2 saturated carbocycles. The largest absolute Gasteiger partial charge is 0.481 e. The normalized spacial score (nSPS) is 31.9. The van der Waals surface area contributed by atoms with Gasteiger partial charge in [0.05, 0.1) is 17.9 Å². The van der Waals surface area contributed by atoms with Gasteiger partial charge < -0.3 is 20.2 Å². The van der Waals surface area contributed by atoms with Crippen LogP contribution in [0.25, 0.3) is 0 Å². The summed E-state index contributed by atoms with van der Waals surface area (Å²) in [5.41, 5.74) is 0.969. The van der Waals surface area contributed by atoms with E-state index in [0.29, 0.717) is 13.0 Å². The number of nitrogens with zero attached hydrogens (tertiary/aromatic N) is 1. The molecule has 136 valence electrons. The van der Waals surface area contributed by atoms with Crippen molar-refractivity contribution in [1.82, 2.24) is 0 Å². The van der Waals surface area contributed by atoms with E-state index in [2.05, 4.69) is 12.1 Å². The molecule has 6 nitrogen and oxygen atoms in total. The highest BCUT2D eigenvalue weighted by Crippen LogP contribution is 2.48. The Morgan fingerprint density at radius 2 is 2.25 bits per heavy atom. The highest BCUT2D eigenvalue weighted by Gasteiger charge is 2.51. The van der Waals surface area contributed by atoms with Crippen molar-refractivity contribution in [1.29, 1.82) is 0 Å². The Bertz CT molecular complexity index is 476. The smallest absolute Gasteiger partial charge is 0.303 e. The van der Waals surface area contributed by atoms with Crippen LogP contribution in [-0.4, -0.2) is 45.8 Å². The number of hydrogen-bond acceptors (Lipinski definition) is 5. The van der Waals surface area contributed by atoms with Crippen molar-refractivity contribution in [3.05, 3.63) is 12.2 Å². The fraction of sp³-hybridized carbons (Fsp3) is 0.778. The first-order chi connectivity index (χ1) is 11.5. The summed E-state index contributed by atoms with van der Waals surface area (Å²) in [6.07, 6.45) is 7.90. The van der Waals surface area contributed by atoms with Crippen LogP contribution in [0.2, 0.25) is 0 Å². The Balaban J connectivity index is 1.75. The van der Waals surface area contributed by atoms with E-state index in [1.807, 2.05) is 12.2 Å². The predicted octanol–water partition coefficient (Wildman–Crippen LogP) is 2.35. The van der Waals surface area contributed by atoms with Crippen LogP contribution in [0.4, 0.5) is 0 Å². The van der Waals surface area contributed by atoms with Gasteiger partial charge in [-0.25, -0.2) is 0 Å². The second-order valence-electron chi connectivity index (χ2n) is 6.87. The lowest BCUT2D eigenvalue weighted by molar-refractivity contribution is -0.137. The van der Waals surface area contributed by atoms with Crippen molar-refractivity contribution >= 4 is 11.7 Å². The van der Waals surface area contributed by atoms with Crippen LogP contribution >= 0.6 is 0 Å². The number of carbonyl (C=O) groups is 1. The summed E-state index contributed by atoms with van der Waals surface area (Å²) in [4.78, 5) is 15.6. The van der Waals surface area contributed by atoms with Crippen molar-refractivity contribution < 1.29 is 25.0 Å². The molecule has 0 bridgehead atoms. The third-order valence-corrected chi connectivity index (χ3v) is 5.04. The van der Waals surface area contributed by atoms with Crippen LogP contribution in [0, 0.1) is 17.8 Å². The minimum atomic E-state index is -0.829. The van der Waals surface area contributed by atoms with Crippen LogP contribution in [0.15, 0.2) is 17.3 Å².